The Hall–Kier alpha value is -0.820. The molecular weight excluding hydrogens is 580 g/mol. The Morgan fingerprint density at radius 1 is 1.05 bits per heavy atom. The molecule has 3 rings (SSSR count). The maximum Gasteiger partial charge on any atom is 1.00 e. The normalized spacial score (nSPS) is 11.5. The van der Waals surface area contributed by atoms with E-state index in [9.17, 15) is 35.5 Å². The quantitative estimate of drug-likeness (QED) is 0.0408. The van der Waals surface area contributed by atoms with E-state index < -0.39 is 39.8 Å². The molecule has 17 heteroatoms. The maximum absolute atomic E-state index is 12.7. The summed E-state index contributed by atoms with van der Waals surface area (Å²) in [6.07, 6.45) is 2.65. The van der Waals surface area contributed by atoms with E-state index in [4.69, 9.17) is 10.3 Å². The number of nitrogens with zero attached hydrogens (tertiary/aromatic N) is 1. The number of carbonyl (C=O) groups excluding carboxylic acids is 1. The van der Waals surface area contributed by atoms with Gasteiger partial charge in [0.2, 0.25) is 5.91 Å². The molecule has 3 N–H and O–H groups in total. The van der Waals surface area contributed by atoms with Crippen LogP contribution in [0.3, 0.4) is 0 Å². The van der Waals surface area contributed by atoms with Crippen molar-refractivity contribution in [3.05, 3.63) is 40.8 Å². The summed E-state index contributed by atoms with van der Waals surface area (Å²) in [6, 6.07) is 6.78. The van der Waals surface area contributed by atoms with Gasteiger partial charge in [-0.25, -0.2) is 27.5 Å². The first-order valence-electron chi connectivity index (χ1n) is 10.7. The fourth-order valence-corrected chi connectivity index (χ4v) is 6.50. The van der Waals surface area contributed by atoms with Crippen LogP contribution in [0.5, 0.6) is 0 Å². The average molecular weight is 604 g/mol. The van der Waals surface area contributed by atoms with E-state index in [1.807, 2.05) is 11.8 Å². The van der Waals surface area contributed by atoms with Crippen LogP contribution in [0.1, 0.15) is 32.6 Å². The number of nitrogens with one attached hydrogen (secondary N) is 1. The minimum atomic E-state index is -5.19. The van der Waals surface area contributed by atoms with Gasteiger partial charge in [-0.15, -0.1) is 11.3 Å². The predicted molar refractivity (Wildman–Crippen MR) is 130 cm³/mol. The average Bonchev–Trinajstić information content (AvgIpc) is 3.27. The monoisotopic (exact) mass is 603 g/mol. The number of anilines is 1. The molecule has 1 aromatic carbocycles. The second kappa shape index (κ2) is 14.7. The van der Waals surface area contributed by atoms with Crippen LogP contribution < -0.4 is 80.9 Å². The number of carbonyl (C=O) groups is 1. The summed E-state index contributed by atoms with van der Waals surface area (Å²) in [4.78, 5) is 24.5. The molecule has 0 aliphatic rings. The molecule has 3 aromatic rings. The zero-order valence-electron chi connectivity index (χ0n) is 21.1. The molecule has 0 spiro atoms. The van der Waals surface area contributed by atoms with Gasteiger partial charge in [-0.2, -0.15) is 0 Å². The van der Waals surface area contributed by atoms with Gasteiger partial charge >= 0.3 is 64.7 Å². The van der Waals surface area contributed by atoms with E-state index in [0.717, 1.165) is 18.5 Å². The predicted octanol–water partition coefficient (Wildman–Crippen LogP) is -4.29. The van der Waals surface area contributed by atoms with Crippen LogP contribution in [-0.2, 0) is 25.0 Å². The zero-order chi connectivity index (χ0) is 26.7. The van der Waals surface area contributed by atoms with E-state index in [2.05, 4.69) is 5.43 Å². The van der Waals surface area contributed by atoms with Gasteiger partial charge < -0.3 is 18.4 Å². The molecular formula is C21H23N3Na2O9S3. The van der Waals surface area contributed by atoms with Crippen molar-refractivity contribution in [1.82, 2.24) is 5.43 Å². The molecule has 2 heterocycles. The third-order valence-corrected chi connectivity index (χ3v) is 8.82. The third kappa shape index (κ3) is 8.84. The second-order valence-corrected chi connectivity index (χ2v) is 11.8. The van der Waals surface area contributed by atoms with Crippen LogP contribution >= 0.6 is 11.3 Å². The molecule has 0 aliphatic heterocycles. The Morgan fingerprint density at radius 2 is 1.74 bits per heavy atom. The van der Waals surface area contributed by atoms with Crippen LogP contribution in [0, 0.1) is 0 Å². The Kier molecular flexibility index (Phi) is 13.6. The van der Waals surface area contributed by atoms with Gasteiger partial charge in [-0.1, -0.05) is 6.42 Å². The van der Waals surface area contributed by atoms with Gasteiger partial charge in [0, 0.05) is 36.7 Å². The van der Waals surface area contributed by atoms with Gasteiger partial charge in [0.25, 0.3) is 0 Å². The summed E-state index contributed by atoms with van der Waals surface area (Å²) in [5.74, 6) is 4.84. The molecule has 12 nitrogen and oxygen atoms in total. The van der Waals surface area contributed by atoms with Gasteiger partial charge in [-0.05, 0) is 44.0 Å². The number of nitrogens with two attached hydrogens (primary N) is 1. The van der Waals surface area contributed by atoms with Gasteiger partial charge in [0.15, 0.2) is 0 Å². The zero-order valence-corrected chi connectivity index (χ0v) is 27.5. The number of hydrogen-bond acceptors (Lipinski definition) is 12. The summed E-state index contributed by atoms with van der Waals surface area (Å²) in [5.41, 5.74) is 1.70. The molecule has 1 amide bonds. The smallest absolute Gasteiger partial charge is 0.744 e. The van der Waals surface area contributed by atoms with E-state index in [0.29, 0.717) is 37.4 Å². The van der Waals surface area contributed by atoms with E-state index >= 15 is 0 Å². The molecule has 0 aliphatic carbocycles. The fourth-order valence-electron chi connectivity index (χ4n) is 3.61. The Bertz CT molecular complexity index is 1550. The summed E-state index contributed by atoms with van der Waals surface area (Å²) >= 11 is 0.217. The van der Waals surface area contributed by atoms with E-state index in [1.165, 1.54) is 6.07 Å². The topological polar surface area (TPSA) is 203 Å². The molecule has 0 fully saturated rings. The molecule has 0 unspecified atom stereocenters. The Balaban J connectivity index is 0.00000361. The fraction of sp³-hybridized carbons (Fsp3) is 0.333. The van der Waals surface area contributed by atoms with Crippen molar-refractivity contribution in [3.8, 4) is 10.4 Å². The molecule has 38 heavy (non-hydrogen) atoms. The summed E-state index contributed by atoms with van der Waals surface area (Å²) in [5, 5.41) is 0.395. The van der Waals surface area contributed by atoms with E-state index in [1.54, 1.807) is 18.2 Å². The molecule has 0 bridgehead atoms. The SMILES string of the molecule is CCN(CCCCCC(=O)NN)c1ccc2cc(-c3sc(S(=O)(=O)[O-])cc3S(=O)(=O)[O-])c(=O)oc2c1.[Na+].[Na+]. The van der Waals surface area contributed by atoms with Crippen LogP contribution in [0.4, 0.5) is 5.69 Å². The summed E-state index contributed by atoms with van der Waals surface area (Å²) in [6.45, 7) is 3.29. The minimum Gasteiger partial charge on any atom is -0.744 e. The molecule has 0 saturated heterocycles. The van der Waals surface area contributed by atoms with Crippen molar-refractivity contribution in [1.29, 1.82) is 0 Å². The first kappa shape index (κ1) is 35.2. The first-order chi connectivity index (χ1) is 16.8. The number of hydrogen-bond donors (Lipinski definition) is 2. The summed E-state index contributed by atoms with van der Waals surface area (Å²) in [7, 11) is -10.3. The molecule has 0 radical (unpaired) electrons. The Morgan fingerprint density at radius 3 is 2.32 bits per heavy atom. The second-order valence-electron chi connectivity index (χ2n) is 7.79. The molecule has 2 aromatic heterocycles. The number of rotatable bonds is 11. The van der Waals surface area contributed by atoms with Crippen LogP contribution in [-0.4, -0.2) is 44.9 Å². The van der Waals surface area contributed by atoms with E-state index in [-0.39, 0.29) is 87.5 Å². The molecule has 196 valence electrons. The number of unbranched alkanes of at least 4 members (excludes halogenated alkanes) is 2. The largest absolute Gasteiger partial charge is 1.00 e. The van der Waals surface area contributed by atoms with Crippen molar-refractivity contribution in [3.63, 3.8) is 0 Å². The van der Waals surface area contributed by atoms with Crippen molar-refractivity contribution in [2.75, 3.05) is 18.0 Å². The maximum atomic E-state index is 12.7. The Labute approximate surface area is 268 Å². The van der Waals surface area contributed by atoms with Gasteiger partial charge in [-0.3, -0.25) is 10.2 Å². The van der Waals surface area contributed by atoms with Crippen LogP contribution in [0.2, 0.25) is 0 Å². The molecule has 0 saturated carbocycles. The van der Waals surface area contributed by atoms with Crippen molar-refractivity contribution < 1.29 is 94.3 Å². The van der Waals surface area contributed by atoms with Crippen LogP contribution in [0.15, 0.2) is 48.6 Å². The van der Waals surface area contributed by atoms with Crippen molar-refractivity contribution >= 4 is 54.1 Å². The third-order valence-electron chi connectivity index (χ3n) is 5.40. The first-order valence-corrected chi connectivity index (χ1v) is 14.4. The number of hydrazine groups is 1. The summed E-state index contributed by atoms with van der Waals surface area (Å²) < 4.78 is 73.6. The number of fused-ring (bicyclic) bond motifs is 1. The number of amides is 1. The van der Waals surface area contributed by atoms with Gasteiger partial charge in [0.1, 0.15) is 30.0 Å². The standard InChI is InChI=1S/C21H25N3O9S3.2Na/c1-2-24(9-5-3-4-6-18(25)23-22)14-8-7-13-10-15(21(26)33-16(13)11-14)20-17(35(27,28)29)12-19(34-20)36(30,31)32;;/h7-8,10-12H,2-6,9,22H2,1H3,(H,23,25)(H,27,28,29)(H,30,31,32);;/q;2*+1/p-2. The number of benzene rings is 1. The van der Waals surface area contributed by atoms with Crippen LogP contribution in [0.25, 0.3) is 21.4 Å². The molecule has 0 atom stereocenters. The number of thiophene rings is 1. The van der Waals surface area contributed by atoms with Gasteiger partial charge in [0.05, 0.1) is 15.3 Å². The van der Waals surface area contributed by atoms with Crippen molar-refractivity contribution in [2.24, 2.45) is 5.84 Å². The van der Waals surface area contributed by atoms with Crippen molar-refractivity contribution in [2.45, 2.75) is 41.7 Å². The minimum absolute atomic E-state index is 0.